The Labute approximate surface area is 180 Å². The molecule has 0 bridgehead atoms. The normalized spacial score (nSPS) is 18.4. The zero-order valence-electron chi connectivity index (χ0n) is 17.7. The fraction of sp³-hybridized carbons (Fsp3) is 0.619. The number of nitrogens with one attached hydrogen (secondary N) is 3. The molecular weight excluding hydrogens is 398 g/mol. The molecule has 2 aromatic rings. The smallest absolute Gasteiger partial charge is 0.410 e. The molecule has 0 saturated heterocycles. The average molecular weight is 428 g/mol. The number of carbonyl (C=O) groups is 2. The number of anilines is 1. The standard InChI is InChI=1S/C21H29N7O3/c1-12(14-8-5-9-14)23-18-16-19(27-20(26-18)17(22)25-21(30)31)24-15(11-29)28(16)10-13-6-3-2-4-7-13/h11-14H,2-10H2,1H3,(H2,22,25)(H,30,31)(H,23,26,27)/t12-/m1/s1. The molecule has 1 amide bonds. The molecule has 10 heteroatoms. The van der Waals surface area contributed by atoms with E-state index in [0.29, 0.717) is 35.4 Å². The van der Waals surface area contributed by atoms with Gasteiger partial charge in [-0.25, -0.2) is 19.7 Å². The van der Waals surface area contributed by atoms with Gasteiger partial charge in [0.25, 0.3) is 0 Å². The minimum Gasteiger partial charge on any atom is -0.465 e. The lowest BCUT2D eigenvalue weighted by molar-refractivity contribution is 0.111. The van der Waals surface area contributed by atoms with Crippen LogP contribution in [0.3, 0.4) is 0 Å². The number of aromatic nitrogens is 4. The van der Waals surface area contributed by atoms with E-state index in [0.717, 1.165) is 32.0 Å². The Morgan fingerprint density at radius 2 is 1.94 bits per heavy atom. The summed E-state index contributed by atoms with van der Waals surface area (Å²) >= 11 is 0. The van der Waals surface area contributed by atoms with Crippen LogP contribution in [-0.4, -0.2) is 48.9 Å². The van der Waals surface area contributed by atoms with E-state index in [4.69, 9.17) is 10.5 Å². The summed E-state index contributed by atoms with van der Waals surface area (Å²) in [5.41, 5.74) is 0.939. The molecule has 31 heavy (non-hydrogen) atoms. The molecule has 2 aromatic heterocycles. The molecular formula is C21H29N7O3. The van der Waals surface area contributed by atoms with Gasteiger partial charge >= 0.3 is 6.09 Å². The van der Waals surface area contributed by atoms with Crippen molar-refractivity contribution in [1.82, 2.24) is 24.8 Å². The van der Waals surface area contributed by atoms with Gasteiger partial charge in [-0.3, -0.25) is 15.5 Å². The molecule has 2 heterocycles. The largest absolute Gasteiger partial charge is 0.465 e. The van der Waals surface area contributed by atoms with Crippen LogP contribution >= 0.6 is 0 Å². The number of rotatable bonds is 7. The third-order valence-corrected chi connectivity index (χ3v) is 6.58. The predicted molar refractivity (Wildman–Crippen MR) is 116 cm³/mol. The maximum atomic E-state index is 11.8. The number of carboxylic acid groups (broad SMARTS) is 1. The van der Waals surface area contributed by atoms with Gasteiger partial charge in [-0.15, -0.1) is 0 Å². The third-order valence-electron chi connectivity index (χ3n) is 6.58. The molecule has 2 saturated carbocycles. The van der Waals surface area contributed by atoms with Crippen LogP contribution in [0, 0.1) is 17.2 Å². The van der Waals surface area contributed by atoms with Crippen molar-refractivity contribution in [2.24, 2.45) is 11.8 Å². The quantitative estimate of drug-likeness (QED) is 0.301. The van der Waals surface area contributed by atoms with E-state index in [9.17, 15) is 9.59 Å². The van der Waals surface area contributed by atoms with Crippen LogP contribution in [0.2, 0.25) is 0 Å². The molecule has 2 aliphatic rings. The topological polar surface area (TPSA) is 146 Å². The van der Waals surface area contributed by atoms with E-state index < -0.39 is 11.9 Å². The Balaban J connectivity index is 1.77. The molecule has 10 nitrogen and oxygen atoms in total. The lowest BCUT2D eigenvalue weighted by atomic mass is 9.80. The number of fused-ring (bicyclic) bond motifs is 1. The first-order valence-corrected chi connectivity index (χ1v) is 11.0. The number of amidine groups is 1. The van der Waals surface area contributed by atoms with Crippen molar-refractivity contribution in [2.45, 2.75) is 70.9 Å². The van der Waals surface area contributed by atoms with Crippen LogP contribution in [0.15, 0.2) is 0 Å². The Hall–Kier alpha value is -3.04. The highest BCUT2D eigenvalue weighted by Crippen LogP contribution is 2.33. The lowest BCUT2D eigenvalue weighted by Gasteiger charge is -2.32. The summed E-state index contributed by atoms with van der Waals surface area (Å²) < 4.78 is 1.90. The van der Waals surface area contributed by atoms with Crippen LogP contribution in [0.4, 0.5) is 10.6 Å². The number of aldehydes is 1. The van der Waals surface area contributed by atoms with Crippen molar-refractivity contribution in [3.8, 4) is 0 Å². The summed E-state index contributed by atoms with van der Waals surface area (Å²) in [7, 11) is 0. The van der Waals surface area contributed by atoms with Crippen molar-refractivity contribution < 1.29 is 14.7 Å². The zero-order chi connectivity index (χ0) is 22.0. The van der Waals surface area contributed by atoms with E-state index in [1.807, 2.05) is 9.88 Å². The molecule has 0 aliphatic heterocycles. The van der Waals surface area contributed by atoms with Gasteiger partial charge in [0, 0.05) is 12.6 Å². The van der Waals surface area contributed by atoms with Crippen LogP contribution in [0.25, 0.3) is 11.2 Å². The summed E-state index contributed by atoms with van der Waals surface area (Å²) in [5, 5.41) is 22.4. The average Bonchev–Trinajstić information content (AvgIpc) is 3.04. The first-order chi connectivity index (χ1) is 15.0. The minimum absolute atomic E-state index is 0.0713. The predicted octanol–water partition coefficient (Wildman–Crippen LogP) is 3.41. The highest BCUT2D eigenvalue weighted by Gasteiger charge is 2.27. The summed E-state index contributed by atoms with van der Waals surface area (Å²) in [5.74, 6) is 1.27. The van der Waals surface area contributed by atoms with Crippen molar-refractivity contribution in [2.75, 3.05) is 5.32 Å². The Bertz CT molecular complexity index is 993. The molecule has 0 radical (unpaired) electrons. The Kier molecular flexibility index (Phi) is 6.15. The summed E-state index contributed by atoms with van der Waals surface area (Å²) in [6, 6.07) is 0.152. The second-order valence-corrected chi connectivity index (χ2v) is 8.70. The highest BCUT2D eigenvalue weighted by molar-refractivity contribution is 6.03. The number of carbonyl (C=O) groups excluding carboxylic acids is 1. The van der Waals surface area contributed by atoms with Crippen molar-refractivity contribution >= 4 is 35.2 Å². The van der Waals surface area contributed by atoms with Crippen molar-refractivity contribution in [3.63, 3.8) is 0 Å². The van der Waals surface area contributed by atoms with E-state index in [-0.39, 0.29) is 17.7 Å². The van der Waals surface area contributed by atoms with Crippen molar-refractivity contribution in [3.05, 3.63) is 11.6 Å². The second kappa shape index (κ2) is 8.99. The number of hydrogen-bond donors (Lipinski definition) is 4. The Morgan fingerprint density at radius 1 is 1.19 bits per heavy atom. The molecule has 0 spiro atoms. The number of imidazole rings is 1. The van der Waals surface area contributed by atoms with Gasteiger partial charge in [0.15, 0.2) is 35.2 Å². The number of amides is 1. The zero-order valence-corrected chi connectivity index (χ0v) is 17.7. The van der Waals surface area contributed by atoms with Gasteiger partial charge in [0.2, 0.25) is 0 Å². The van der Waals surface area contributed by atoms with E-state index in [2.05, 4.69) is 27.2 Å². The van der Waals surface area contributed by atoms with Crippen LogP contribution < -0.4 is 10.6 Å². The minimum atomic E-state index is -1.36. The Morgan fingerprint density at radius 3 is 2.55 bits per heavy atom. The van der Waals surface area contributed by atoms with E-state index >= 15 is 0 Å². The van der Waals surface area contributed by atoms with Gasteiger partial charge in [-0.1, -0.05) is 25.7 Å². The van der Waals surface area contributed by atoms with Gasteiger partial charge in [-0.2, -0.15) is 0 Å². The van der Waals surface area contributed by atoms with E-state index in [1.165, 1.54) is 25.7 Å². The molecule has 0 aromatic carbocycles. The molecule has 166 valence electrons. The molecule has 0 unspecified atom stereocenters. The van der Waals surface area contributed by atoms with Gasteiger partial charge in [0.1, 0.15) is 5.52 Å². The first kappa shape index (κ1) is 21.2. The third kappa shape index (κ3) is 4.52. The van der Waals surface area contributed by atoms with Crippen LogP contribution in [0.1, 0.15) is 74.7 Å². The van der Waals surface area contributed by atoms with E-state index in [1.54, 1.807) is 0 Å². The summed E-state index contributed by atoms with van der Waals surface area (Å²) in [6.07, 6.45) is 8.73. The van der Waals surface area contributed by atoms with Gasteiger partial charge in [-0.05, 0) is 44.4 Å². The van der Waals surface area contributed by atoms with Crippen LogP contribution in [0.5, 0.6) is 0 Å². The van der Waals surface area contributed by atoms with Gasteiger partial charge in [0.05, 0.1) is 0 Å². The van der Waals surface area contributed by atoms with Crippen molar-refractivity contribution in [1.29, 1.82) is 5.41 Å². The first-order valence-electron chi connectivity index (χ1n) is 11.0. The van der Waals surface area contributed by atoms with Gasteiger partial charge < -0.3 is 15.0 Å². The number of nitrogens with zero attached hydrogens (tertiary/aromatic N) is 4. The maximum Gasteiger partial charge on any atom is 0.410 e. The monoisotopic (exact) mass is 427 g/mol. The summed E-state index contributed by atoms with van der Waals surface area (Å²) in [6.45, 7) is 2.77. The van der Waals surface area contributed by atoms with Crippen LogP contribution in [-0.2, 0) is 6.54 Å². The number of hydrogen-bond acceptors (Lipinski definition) is 7. The molecule has 4 N–H and O–H groups in total. The molecule has 1 atom stereocenters. The second-order valence-electron chi connectivity index (χ2n) is 8.70. The SMILES string of the molecule is C[C@@H](Nc1nc(C(=N)NC(=O)O)nc2nc(C=O)n(CC3CCCCC3)c12)C1CCC1. The fourth-order valence-electron chi connectivity index (χ4n) is 4.60. The molecule has 2 aliphatic carbocycles. The maximum absolute atomic E-state index is 11.8. The molecule has 4 rings (SSSR count). The highest BCUT2D eigenvalue weighted by atomic mass is 16.4. The lowest BCUT2D eigenvalue weighted by Crippen LogP contribution is -2.33. The molecule has 2 fully saturated rings. The summed E-state index contributed by atoms with van der Waals surface area (Å²) in [4.78, 5) is 36.0. The fourth-order valence-corrected chi connectivity index (χ4v) is 4.60.